The van der Waals surface area contributed by atoms with Gasteiger partial charge in [-0.15, -0.1) is 34.0 Å². The summed E-state index contributed by atoms with van der Waals surface area (Å²) in [5.74, 6) is 0. The van der Waals surface area contributed by atoms with Crippen LogP contribution >= 0.6 is 34.0 Å². The van der Waals surface area contributed by atoms with Crippen molar-refractivity contribution in [2.45, 2.75) is 55.4 Å². The van der Waals surface area contributed by atoms with Crippen LogP contribution in [0.3, 0.4) is 0 Å². The molecule has 0 N–H and O–H groups in total. The summed E-state index contributed by atoms with van der Waals surface area (Å²) < 4.78 is 0. The van der Waals surface area contributed by atoms with Crippen LogP contribution in [-0.2, 0) is 0 Å². The highest BCUT2D eigenvalue weighted by molar-refractivity contribution is 7.26. The first-order valence-electron chi connectivity index (χ1n) is 16.0. The van der Waals surface area contributed by atoms with E-state index in [0.29, 0.717) is 0 Å². The lowest BCUT2D eigenvalue weighted by atomic mass is 9.42. The van der Waals surface area contributed by atoms with Crippen molar-refractivity contribution in [3.05, 3.63) is 135 Å². The van der Waals surface area contributed by atoms with Gasteiger partial charge in [0, 0.05) is 35.2 Å². The molecule has 226 valence electrons. The lowest BCUT2D eigenvalue weighted by Crippen LogP contribution is -2.49. The monoisotopic (exact) mass is 640 g/mol. The van der Waals surface area contributed by atoms with E-state index in [2.05, 4.69) is 152 Å². The number of allylic oxidation sites excluding steroid dienone is 12. The largest absolute Gasteiger partial charge is 0.143 e. The molecule has 0 saturated heterocycles. The second-order valence-corrected chi connectivity index (χ2v) is 18.5. The Morgan fingerprint density at radius 3 is 1.62 bits per heavy atom. The summed E-state index contributed by atoms with van der Waals surface area (Å²) in [4.78, 5) is 6.74. The Kier molecular flexibility index (Phi) is 6.25. The van der Waals surface area contributed by atoms with Gasteiger partial charge in [-0.05, 0) is 103 Å². The fourth-order valence-corrected chi connectivity index (χ4v) is 10.8. The molecule has 0 unspecified atom stereocenters. The van der Waals surface area contributed by atoms with Crippen LogP contribution in [0, 0.1) is 21.7 Å². The average Bonchev–Trinajstić information content (AvgIpc) is 3.77. The van der Waals surface area contributed by atoms with Crippen molar-refractivity contribution in [1.82, 2.24) is 0 Å². The number of rotatable bonds is 3. The Balaban J connectivity index is 1.40. The molecule has 0 saturated carbocycles. The van der Waals surface area contributed by atoms with Gasteiger partial charge in [0.25, 0.3) is 0 Å². The molecule has 1 aromatic carbocycles. The van der Waals surface area contributed by atoms with Crippen LogP contribution in [0.1, 0.15) is 71.4 Å². The van der Waals surface area contributed by atoms with Crippen molar-refractivity contribution < 1.29 is 0 Å². The molecule has 0 nitrogen and oxygen atoms in total. The first kappa shape index (κ1) is 29.2. The summed E-state index contributed by atoms with van der Waals surface area (Å²) in [5.41, 5.74) is 12.5. The van der Waals surface area contributed by atoms with Crippen LogP contribution in [-0.4, -0.2) is 0 Å². The zero-order valence-electron chi connectivity index (χ0n) is 27.5. The predicted octanol–water partition coefficient (Wildman–Crippen LogP) is 13.4. The number of fused-ring (bicyclic) bond motifs is 3. The molecule has 2 atom stereocenters. The molecule has 3 heteroatoms. The minimum Gasteiger partial charge on any atom is -0.143 e. The molecule has 4 aliphatic rings. The van der Waals surface area contributed by atoms with Crippen LogP contribution in [0.5, 0.6) is 0 Å². The Hall–Kier alpha value is -3.24. The Morgan fingerprint density at radius 1 is 0.511 bits per heavy atom. The van der Waals surface area contributed by atoms with Crippen LogP contribution in [0.15, 0.2) is 119 Å². The van der Waals surface area contributed by atoms with Crippen molar-refractivity contribution >= 4 is 50.7 Å². The van der Waals surface area contributed by atoms with Crippen molar-refractivity contribution in [3.63, 3.8) is 0 Å². The molecule has 4 aromatic rings. The third kappa shape index (κ3) is 4.13. The fraction of sp³-hybridized carbons (Fsp3) is 0.286. The molecule has 0 fully saturated rings. The first-order chi connectivity index (χ1) is 21.3. The molecule has 0 spiro atoms. The molecular weight excluding hydrogens is 601 g/mol. The van der Waals surface area contributed by atoms with Crippen molar-refractivity contribution in [2.24, 2.45) is 21.7 Å². The smallest absolute Gasteiger partial charge is 0.0449 e. The van der Waals surface area contributed by atoms with Crippen LogP contribution < -0.4 is 0 Å². The normalized spacial score (nSPS) is 23.9. The summed E-state index contributed by atoms with van der Waals surface area (Å²) in [6.07, 6.45) is 12.7. The van der Waals surface area contributed by atoms with E-state index < -0.39 is 0 Å². The number of thiophene rings is 3. The Bertz CT molecular complexity index is 2080. The quantitative estimate of drug-likeness (QED) is 0.209. The van der Waals surface area contributed by atoms with E-state index in [1.54, 1.807) is 0 Å². The third-order valence-electron chi connectivity index (χ3n) is 10.7. The maximum atomic E-state index is 2.56. The summed E-state index contributed by atoms with van der Waals surface area (Å²) in [6.45, 7) is 19.2. The van der Waals surface area contributed by atoms with Gasteiger partial charge in [0.1, 0.15) is 0 Å². The van der Waals surface area contributed by atoms with Crippen LogP contribution in [0.4, 0.5) is 0 Å². The maximum Gasteiger partial charge on any atom is 0.0449 e. The second kappa shape index (κ2) is 9.64. The van der Waals surface area contributed by atoms with Crippen molar-refractivity contribution in [3.8, 4) is 19.5 Å². The van der Waals surface area contributed by atoms with E-state index >= 15 is 0 Å². The van der Waals surface area contributed by atoms with Crippen LogP contribution in [0.2, 0.25) is 0 Å². The predicted molar refractivity (Wildman–Crippen MR) is 200 cm³/mol. The summed E-state index contributed by atoms with van der Waals surface area (Å²) in [6, 6.07) is 22.9. The topological polar surface area (TPSA) is 0 Å². The minimum atomic E-state index is -0.208. The molecule has 0 radical (unpaired) electrons. The van der Waals surface area contributed by atoms with Crippen molar-refractivity contribution in [2.75, 3.05) is 0 Å². The lowest BCUT2D eigenvalue weighted by molar-refractivity contribution is 0.300. The van der Waals surface area contributed by atoms with Gasteiger partial charge in [-0.1, -0.05) is 110 Å². The van der Waals surface area contributed by atoms with E-state index in [0.717, 1.165) is 0 Å². The summed E-state index contributed by atoms with van der Waals surface area (Å²) in [7, 11) is 0. The van der Waals surface area contributed by atoms with Gasteiger partial charge in [-0.25, -0.2) is 0 Å². The number of hydrogen-bond donors (Lipinski definition) is 0. The SMILES string of the molecule is CC(C)(C)C1=CC2=CC(c3ccc(-c4ccc(-c5cccs5)s4)s3)=C3C=C(C(C)(C)C)C=C4c5ccccc5C(=C1)[C@]2(C)[C@@]43C. The van der Waals surface area contributed by atoms with Crippen LogP contribution in [0.25, 0.3) is 36.2 Å². The average molecular weight is 641 g/mol. The molecular formula is C42H40S3. The zero-order valence-corrected chi connectivity index (χ0v) is 29.9. The molecule has 0 amide bonds. The summed E-state index contributed by atoms with van der Waals surface area (Å²) in [5, 5.41) is 2.16. The number of hydrogen-bond acceptors (Lipinski definition) is 3. The highest BCUT2D eigenvalue weighted by Gasteiger charge is 2.60. The Morgan fingerprint density at radius 2 is 1.04 bits per heavy atom. The van der Waals surface area contributed by atoms with E-state index in [4.69, 9.17) is 0 Å². The van der Waals surface area contributed by atoms with Gasteiger partial charge in [-0.2, -0.15) is 0 Å². The van der Waals surface area contributed by atoms with Gasteiger partial charge in [0.05, 0.1) is 0 Å². The van der Waals surface area contributed by atoms with E-state index in [9.17, 15) is 0 Å². The van der Waals surface area contributed by atoms with E-state index in [-0.39, 0.29) is 21.7 Å². The fourth-order valence-electron chi connectivity index (χ4n) is 7.81. The molecule has 0 aliphatic heterocycles. The third-order valence-corrected chi connectivity index (χ3v) is 14.2. The lowest BCUT2D eigenvalue weighted by Gasteiger charge is -2.60. The molecule has 0 bridgehead atoms. The minimum absolute atomic E-state index is 0.0318. The van der Waals surface area contributed by atoms with Gasteiger partial charge < -0.3 is 0 Å². The first-order valence-corrected chi connectivity index (χ1v) is 18.5. The number of benzene rings is 1. The zero-order chi connectivity index (χ0) is 31.5. The standard InChI is InChI=1S/C42H40S3/c1-39(2,3)25-20-27-21-30(34-15-16-37(44-34)38-18-17-36(45-38)35-14-11-19-43-35)33-24-26(40(4,5)6)23-32-29-13-10-9-12-28(29)31(22-25)41(27,7)42(32,33)8/h9-24H,1-8H3/t41-,42+/m1/s1. The highest BCUT2D eigenvalue weighted by atomic mass is 32.1. The molecule has 4 aliphatic carbocycles. The molecule has 8 rings (SSSR count). The Labute approximate surface area is 280 Å². The van der Waals surface area contributed by atoms with Gasteiger partial charge >= 0.3 is 0 Å². The molecule has 3 heterocycles. The van der Waals surface area contributed by atoms with E-state index in [1.807, 2.05) is 34.0 Å². The summed E-state index contributed by atoms with van der Waals surface area (Å²) >= 11 is 5.66. The maximum absolute atomic E-state index is 2.56. The van der Waals surface area contributed by atoms with Gasteiger partial charge in [0.15, 0.2) is 0 Å². The van der Waals surface area contributed by atoms with Gasteiger partial charge in [-0.3, -0.25) is 0 Å². The highest BCUT2D eigenvalue weighted by Crippen LogP contribution is 2.72. The molecule has 3 aromatic heterocycles. The second-order valence-electron chi connectivity index (χ2n) is 15.3. The van der Waals surface area contributed by atoms with Crippen molar-refractivity contribution in [1.29, 1.82) is 0 Å². The van der Waals surface area contributed by atoms with Gasteiger partial charge in [0.2, 0.25) is 0 Å². The van der Waals surface area contributed by atoms with E-state index in [1.165, 1.54) is 74.5 Å². The molecule has 45 heavy (non-hydrogen) atoms.